The number of fused-ring (bicyclic) bond motifs is 3. The zero-order valence-electron chi connectivity index (χ0n) is 18.6. The predicted octanol–water partition coefficient (Wildman–Crippen LogP) is -0.364. The summed E-state index contributed by atoms with van der Waals surface area (Å²) in [6, 6.07) is 21.9. The van der Waals surface area contributed by atoms with E-state index in [1.165, 1.54) is 27.8 Å². The Morgan fingerprint density at radius 1 is 0.839 bits per heavy atom. The quantitative estimate of drug-likeness (QED) is 0.444. The molecule has 2 nitrogen and oxygen atoms in total. The van der Waals surface area contributed by atoms with E-state index in [0.717, 1.165) is 16.7 Å². The molecule has 31 heavy (non-hydrogen) atoms. The largest absolute Gasteiger partial charge is 1.00 e. The van der Waals surface area contributed by atoms with Crippen molar-refractivity contribution in [3.63, 3.8) is 0 Å². The van der Waals surface area contributed by atoms with Gasteiger partial charge in [0.15, 0.2) is 0 Å². The van der Waals surface area contributed by atoms with Crippen molar-refractivity contribution < 1.29 is 50.8 Å². The number of halogens is 2. The van der Waals surface area contributed by atoms with Crippen LogP contribution in [0, 0.1) is 20.8 Å². The molecular formula is C25H28Cl2NOSiZr. The average molecular weight is 549 g/mol. The van der Waals surface area contributed by atoms with Gasteiger partial charge in [-0.2, -0.15) is 0 Å². The number of rotatable bonds is 4. The van der Waals surface area contributed by atoms with Gasteiger partial charge in [0.1, 0.15) is 0 Å². The van der Waals surface area contributed by atoms with E-state index < -0.39 is 27.1 Å². The molecule has 0 saturated heterocycles. The van der Waals surface area contributed by atoms with Crippen LogP contribution in [0.5, 0.6) is 0 Å². The topological polar surface area (TPSA) is 29.1 Å². The molecule has 0 saturated carbocycles. The van der Waals surface area contributed by atoms with Crippen molar-refractivity contribution in [2.24, 2.45) is 0 Å². The molecule has 1 N–H and O–H groups in total. The Balaban J connectivity index is 0.00000171. The molecule has 0 spiro atoms. The molecule has 0 fully saturated rings. The Morgan fingerprint density at radius 2 is 1.29 bits per heavy atom. The molecule has 0 atom stereocenters. The average Bonchev–Trinajstić information content (AvgIpc) is 2.99. The van der Waals surface area contributed by atoms with Gasteiger partial charge in [-0.05, 0) is 0 Å². The molecule has 1 aliphatic carbocycles. The monoisotopic (exact) mass is 546 g/mol. The van der Waals surface area contributed by atoms with Crippen LogP contribution in [-0.2, 0) is 21.2 Å². The van der Waals surface area contributed by atoms with Crippen molar-refractivity contribution in [2.75, 3.05) is 0 Å². The summed E-state index contributed by atoms with van der Waals surface area (Å²) in [5, 5.41) is 0. The molecule has 0 unspecified atom stereocenters. The minimum absolute atomic E-state index is 0. The Hall–Kier alpha value is -1.19. The first-order chi connectivity index (χ1) is 13.9. The van der Waals surface area contributed by atoms with E-state index in [0.29, 0.717) is 3.63 Å². The fourth-order valence-corrected chi connectivity index (χ4v) is 19.9. The van der Waals surface area contributed by atoms with Crippen LogP contribution in [0.1, 0.15) is 41.8 Å². The van der Waals surface area contributed by atoms with Crippen LogP contribution in [0.4, 0.5) is 0 Å². The molecule has 1 amide bonds. The van der Waals surface area contributed by atoms with Crippen molar-refractivity contribution in [2.45, 2.75) is 37.5 Å². The maximum absolute atomic E-state index is 13.5. The standard InChI is InChI=1S/C13H9.C10H13NO.C2H7Si.2ClH.Zr/c1-3-7-12-10(5-1)9-11-6-2-4-8-13(11)12;1-6-4-7(2)9(10(11)12)8(3)5-6;1-3-2;;;/h1-9H;4-5H,1-3H3,(H2,11,12);3H,1-2H3;2*1H;/q;;;;;+3/p-3. The number of amides is 1. The molecular weight excluding hydrogens is 520 g/mol. The normalized spacial score (nSPS) is 11.8. The fourth-order valence-electron chi connectivity index (χ4n) is 4.77. The van der Waals surface area contributed by atoms with E-state index in [9.17, 15) is 4.79 Å². The molecule has 4 rings (SSSR count). The molecule has 6 heteroatoms. The van der Waals surface area contributed by atoms with Crippen LogP contribution in [0.2, 0.25) is 13.1 Å². The molecule has 0 aliphatic heterocycles. The zero-order valence-corrected chi connectivity index (χ0v) is 23.7. The Kier molecular flexibility index (Phi) is 8.93. The number of hydrogen-bond donors (Lipinski definition) is 1. The summed E-state index contributed by atoms with van der Waals surface area (Å²) in [6.07, 6.45) is 0. The van der Waals surface area contributed by atoms with Gasteiger partial charge < -0.3 is 24.8 Å². The molecule has 0 heterocycles. The zero-order chi connectivity index (χ0) is 20.7. The van der Waals surface area contributed by atoms with Gasteiger partial charge in [-0.1, -0.05) is 0 Å². The van der Waals surface area contributed by atoms with Crippen LogP contribution >= 0.6 is 0 Å². The Bertz CT molecular complexity index is 1030. The van der Waals surface area contributed by atoms with Crippen molar-refractivity contribution in [1.82, 2.24) is 3.26 Å². The minimum Gasteiger partial charge on any atom is -1.00 e. The molecule has 3 aromatic carbocycles. The molecule has 1 aliphatic rings. The first-order valence-electron chi connectivity index (χ1n) is 10.3. The summed E-state index contributed by atoms with van der Waals surface area (Å²) in [4.78, 5) is 13.5. The molecule has 0 radical (unpaired) electrons. The number of benzene rings is 3. The molecule has 161 valence electrons. The van der Waals surface area contributed by atoms with Crippen LogP contribution in [0.25, 0.3) is 11.1 Å². The van der Waals surface area contributed by atoms with Gasteiger partial charge in [-0.3, -0.25) is 0 Å². The van der Waals surface area contributed by atoms with E-state index in [4.69, 9.17) is 0 Å². The van der Waals surface area contributed by atoms with Gasteiger partial charge in [0.05, 0.1) is 0 Å². The van der Waals surface area contributed by atoms with Crippen LogP contribution in [0.3, 0.4) is 0 Å². The van der Waals surface area contributed by atoms with Gasteiger partial charge in [0.25, 0.3) is 0 Å². The fraction of sp³-hybridized carbons (Fsp3) is 0.240. The van der Waals surface area contributed by atoms with Gasteiger partial charge in [0.2, 0.25) is 0 Å². The van der Waals surface area contributed by atoms with Gasteiger partial charge >= 0.3 is 184 Å². The van der Waals surface area contributed by atoms with Gasteiger partial charge in [-0.25, -0.2) is 0 Å². The molecule has 0 aromatic heterocycles. The minimum atomic E-state index is -2.30. The maximum Gasteiger partial charge on any atom is -1.00 e. The van der Waals surface area contributed by atoms with Crippen LogP contribution in [-0.4, -0.2) is 11.8 Å². The summed E-state index contributed by atoms with van der Waals surface area (Å²) in [5.74, 6) is -0.862. The predicted molar refractivity (Wildman–Crippen MR) is 121 cm³/mol. The first kappa shape index (κ1) is 26.1. The van der Waals surface area contributed by atoms with E-state index in [2.05, 4.69) is 97.8 Å². The van der Waals surface area contributed by atoms with Crippen LogP contribution in [0.15, 0.2) is 60.7 Å². The third kappa shape index (κ3) is 4.93. The SMILES string of the molecule is Cc1cc(C)c(C(=O)[NH][Zr+2]([CH]2c3ccccc3-c3ccccc32)[SiH](C)C)c(C)c1.[Cl-].[Cl-]. The van der Waals surface area contributed by atoms with Crippen molar-refractivity contribution in [3.05, 3.63) is 94.0 Å². The summed E-state index contributed by atoms with van der Waals surface area (Å²) in [6.45, 7) is 11.1. The summed E-state index contributed by atoms with van der Waals surface area (Å²) in [5.41, 5.74) is 9.84. The maximum atomic E-state index is 13.5. The van der Waals surface area contributed by atoms with Gasteiger partial charge in [0, 0.05) is 0 Å². The van der Waals surface area contributed by atoms with E-state index in [1.54, 1.807) is 0 Å². The second kappa shape index (κ2) is 10.6. The number of aryl methyl sites for hydroxylation is 3. The Morgan fingerprint density at radius 3 is 1.74 bits per heavy atom. The van der Waals surface area contributed by atoms with Crippen molar-refractivity contribution >= 4 is 11.8 Å². The number of carbonyl (C=O) groups excluding carboxylic acids is 1. The smallest absolute Gasteiger partial charge is 1.00 e. The van der Waals surface area contributed by atoms with Crippen LogP contribution < -0.4 is 28.1 Å². The third-order valence-electron chi connectivity index (χ3n) is 5.93. The van der Waals surface area contributed by atoms with E-state index in [1.807, 2.05) is 0 Å². The third-order valence-corrected chi connectivity index (χ3v) is 23.5. The van der Waals surface area contributed by atoms with Crippen molar-refractivity contribution in [3.8, 4) is 11.1 Å². The summed E-state index contributed by atoms with van der Waals surface area (Å²) in [7, 11) is 0. The first-order valence-corrected chi connectivity index (χ1v) is 20.1. The van der Waals surface area contributed by atoms with E-state index in [-0.39, 0.29) is 30.7 Å². The Labute approximate surface area is 207 Å². The summed E-state index contributed by atoms with van der Waals surface area (Å²) < 4.78 is 4.10. The van der Waals surface area contributed by atoms with E-state index >= 15 is 0 Å². The molecule has 3 aromatic rings. The van der Waals surface area contributed by atoms with Crippen molar-refractivity contribution in [1.29, 1.82) is 0 Å². The summed E-state index contributed by atoms with van der Waals surface area (Å²) >= 11 is -2.30. The number of nitrogens with one attached hydrogen (secondary N) is 1. The number of hydrogen-bond acceptors (Lipinski definition) is 1. The second-order valence-corrected chi connectivity index (χ2v) is 27.2. The molecule has 0 bridgehead atoms. The van der Waals surface area contributed by atoms with Gasteiger partial charge in [-0.15, -0.1) is 0 Å². The number of carbonyl (C=O) groups is 1. The second-order valence-electron chi connectivity index (χ2n) is 8.45.